The van der Waals surface area contributed by atoms with Crippen LogP contribution in [0.2, 0.25) is 0 Å². The van der Waals surface area contributed by atoms with Crippen LogP contribution in [0, 0.1) is 0 Å². The van der Waals surface area contributed by atoms with Gasteiger partial charge in [-0.3, -0.25) is 0 Å². The summed E-state index contributed by atoms with van der Waals surface area (Å²) in [6.45, 7) is 6.69. The lowest BCUT2D eigenvalue weighted by molar-refractivity contribution is 0.0697. The van der Waals surface area contributed by atoms with Crippen LogP contribution in [-0.2, 0) is 14.8 Å². The molecule has 0 heterocycles. The highest BCUT2D eigenvalue weighted by Gasteiger charge is 2.15. The average molecular weight is 314 g/mol. The van der Waals surface area contributed by atoms with Gasteiger partial charge in [0.05, 0.1) is 23.7 Å². The lowest BCUT2D eigenvalue weighted by Crippen LogP contribution is -2.16. The monoisotopic (exact) mass is 314 g/mol. The first kappa shape index (κ1) is 17.2. The van der Waals surface area contributed by atoms with E-state index in [0.29, 0.717) is 25.4 Å². The molecule has 0 aromatic heterocycles. The highest BCUT2D eigenvalue weighted by Crippen LogP contribution is 2.19. The van der Waals surface area contributed by atoms with E-state index in [1.54, 1.807) is 0 Å². The summed E-state index contributed by atoms with van der Waals surface area (Å²) in [4.78, 5) is 10.9. The number of sulfonamides is 1. The zero-order valence-corrected chi connectivity index (χ0v) is 12.4. The number of primary sulfonamides is 1. The molecule has 0 amide bonds. The van der Waals surface area contributed by atoms with E-state index in [0.717, 1.165) is 11.6 Å². The molecule has 0 aliphatic carbocycles. The Kier molecular flexibility index (Phi) is 5.89. The number of benzene rings is 1. The molecule has 0 aliphatic heterocycles. The molecule has 7 nitrogen and oxygen atoms in total. The number of carbonyl (C=O) groups is 1. The van der Waals surface area contributed by atoms with E-state index < -0.39 is 16.0 Å². The fourth-order valence-corrected chi connectivity index (χ4v) is 2.08. The number of anilines is 1. The summed E-state index contributed by atoms with van der Waals surface area (Å²) >= 11 is 0. The fraction of sp³-hybridized carbons (Fsp3) is 0.308. The van der Waals surface area contributed by atoms with Crippen LogP contribution in [0.1, 0.15) is 17.3 Å². The second-order valence-corrected chi connectivity index (χ2v) is 6.06. The summed E-state index contributed by atoms with van der Waals surface area (Å²) in [6.07, 6.45) is 0. The van der Waals surface area contributed by atoms with Crippen molar-refractivity contribution in [2.24, 2.45) is 5.14 Å². The van der Waals surface area contributed by atoms with Crippen molar-refractivity contribution < 1.29 is 23.1 Å². The molecule has 1 aromatic carbocycles. The zero-order valence-electron chi connectivity index (χ0n) is 11.6. The quantitative estimate of drug-likeness (QED) is 0.487. The Hall–Kier alpha value is -1.90. The molecule has 0 unspecified atom stereocenters. The summed E-state index contributed by atoms with van der Waals surface area (Å²) in [5.41, 5.74) is 1.02. The van der Waals surface area contributed by atoms with Gasteiger partial charge in [0.1, 0.15) is 0 Å². The van der Waals surface area contributed by atoms with Crippen LogP contribution in [-0.4, -0.2) is 39.3 Å². The van der Waals surface area contributed by atoms with Gasteiger partial charge in [0.15, 0.2) is 0 Å². The largest absolute Gasteiger partial charge is 0.478 e. The van der Waals surface area contributed by atoms with E-state index in [4.69, 9.17) is 15.0 Å². The Labute approximate surface area is 123 Å². The van der Waals surface area contributed by atoms with E-state index in [9.17, 15) is 13.2 Å². The predicted molar refractivity (Wildman–Crippen MR) is 78.9 cm³/mol. The number of carboxylic acid groups (broad SMARTS) is 1. The lowest BCUT2D eigenvalue weighted by atomic mass is 10.2. The van der Waals surface area contributed by atoms with Crippen molar-refractivity contribution in [2.75, 3.05) is 25.1 Å². The second kappa shape index (κ2) is 7.21. The van der Waals surface area contributed by atoms with Gasteiger partial charge in [-0.2, -0.15) is 0 Å². The molecule has 0 aliphatic rings. The molecule has 0 spiro atoms. The van der Waals surface area contributed by atoms with Crippen molar-refractivity contribution in [3.05, 3.63) is 35.9 Å². The van der Waals surface area contributed by atoms with Crippen molar-refractivity contribution in [1.29, 1.82) is 0 Å². The minimum atomic E-state index is -3.94. The Bertz CT molecular complexity index is 640. The molecule has 0 radical (unpaired) electrons. The maximum atomic E-state index is 11.2. The topological polar surface area (TPSA) is 119 Å². The number of carboxylic acids is 1. The minimum Gasteiger partial charge on any atom is -0.478 e. The smallest absolute Gasteiger partial charge is 0.337 e. The molecule has 0 atom stereocenters. The Morgan fingerprint density at radius 2 is 2.14 bits per heavy atom. The van der Waals surface area contributed by atoms with E-state index >= 15 is 0 Å². The molecular weight excluding hydrogens is 296 g/mol. The Morgan fingerprint density at radius 3 is 2.67 bits per heavy atom. The van der Waals surface area contributed by atoms with Gasteiger partial charge in [0.25, 0.3) is 0 Å². The first-order valence-electron chi connectivity index (χ1n) is 6.08. The number of nitrogens with one attached hydrogen (secondary N) is 1. The van der Waals surface area contributed by atoms with Gasteiger partial charge in [-0.25, -0.2) is 18.4 Å². The van der Waals surface area contributed by atoms with Crippen LogP contribution in [0.5, 0.6) is 0 Å². The highest BCUT2D eigenvalue weighted by atomic mass is 32.2. The van der Waals surface area contributed by atoms with E-state index in [1.165, 1.54) is 12.1 Å². The average Bonchev–Trinajstić information content (AvgIpc) is 2.36. The summed E-state index contributed by atoms with van der Waals surface area (Å²) in [7, 11) is -3.94. The SMILES string of the molecule is C=C(C)COCCNc1ccc(S(N)(=O)=O)cc1C(=O)O. The van der Waals surface area contributed by atoms with Crippen molar-refractivity contribution in [3.63, 3.8) is 0 Å². The van der Waals surface area contributed by atoms with Crippen LogP contribution in [0.3, 0.4) is 0 Å². The molecular formula is C13H18N2O5S. The van der Waals surface area contributed by atoms with Gasteiger partial charge in [-0.05, 0) is 25.1 Å². The van der Waals surface area contributed by atoms with Crippen molar-refractivity contribution in [1.82, 2.24) is 0 Å². The van der Waals surface area contributed by atoms with Crippen molar-refractivity contribution >= 4 is 21.7 Å². The Morgan fingerprint density at radius 1 is 1.48 bits per heavy atom. The number of hydrogen-bond donors (Lipinski definition) is 3. The maximum absolute atomic E-state index is 11.2. The van der Waals surface area contributed by atoms with Gasteiger partial charge in [0.2, 0.25) is 10.0 Å². The van der Waals surface area contributed by atoms with Gasteiger partial charge in [-0.15, -0.1) is 0 Å². The van der Waals surface area contributed by atoms with E-state index in [2.05, 4.69) is 11.9 Å². The number of nitrogens with two attached hydrogens (primary N) is 1. The van der Waals surface area contributed by atoms with Crippen LogP contribution in [0.4, 0.5) is 5.69 Å². The molecule has 1 aromatic rings. The van der Waals surface area contributed by atoms with Crippen LogP contribution in [0.15, 0.2) is 35.2 Å². The summed E-state index contributed by atoms with van der Waals surface area (Å²) < 4.78 is 27.7. The third-order valence-electron chi connectivity index (χ3n) is 2.46. The molecule has 0 bridgehead atoms. The van der Waals surface area contributed by atoms with Gasteiger partial charge in [-0.1, -0.05) is 12.2 Å². The predicted octanol–water partition coefficient (Wildman–Crippen LogP) is 1.04. The third kappa shape index (κ3) is 5.54. The summed E-state index contributed by atoms with van der Waals surface area (Å²) in [5, 5.41) is 17.0. The number of hydrogen-bond acceptors (Lipinski definition) is 5. The maximum Gasteiger partial charge on any atom is 0.337 e. The standard InChI is InChI=1S/C13H18N2O5S/c1-9(2)8-20-6-5-15-12-4-3-10(21(14,18)19)7-11(12)13(16)17/h3-4,7,15H,1,5-6,8H2,2H3,(H,16,17)(H2,14,18,19). The van der Waals surface area contributed by atoms with Crippen molar-refractivity contribution in [2.45, 2.75) is 11.8 Å². The first-order valence-corrected chi connectivity index (χ1v) is 7.62. The van der Waals surface area contributed by atoms with Gasteiger partial charge in [0, 0.05) is 12.2 Å². The fourth-order valence-electron chi connectivity index (χ4n) is 1.54. The lowest BCUT2D eigenvalue weighted by Gasteiger charge is -2.11. The van der Waals surface area contributed by atoms with Gasteiger partial charge >= 0.3 is 5.97 Å². The molecule has 1 rings (SSSR count). The number of rotatable bonds is 8. The molecule has 0 saturated carbocycles. The minimum absolute atomic E-state index is 0.165. The molecule has 0 saturated heterocycles. The summed E-state index contributed by atoms with van der Waals surface area (Å²) in [6, 6.07) is 3.63. The first-order chi connectivity index (χ1) is 9.71. The highest BCUT2D eigenvalue weighted by molar-refractivity contribution is 7.89. The molecule has 4 N–H and O–H groups in total. The Balaban J connectivity index is 2.78. The van der Waals surface area contributed by atoms with E-state index in [-0.39, 0.29) is 10.5 Å². The van der Waals surface area contributed by atoms with Crippen molar-refractivity contribution in [3.8, 4) is 0 Å². The molecule has 116 valence electrons. The molecule has 21 heavy (non-hydrogen) atoms. The number of aromatic carboxylic acids is 1. The third-order valence-corrected chi connectivity index (χ3v) is 3.37. The normalized spacial score (nSPS) is 11.1. The van der Waals surface area contributed by atoms with Gasteiger partial charge < -0.3 is 15.2 Å². The van der Waals surface area contributed by atoms with E-state index in [1.807, 2.05) is 6.92 Å². The summed E-state index contributed by atoms with van der Waals surface area (Å²) in [5.74, 6) is -1.24. The van der Waals surface area contributed by atoms with Crippen LogP contribution < -0.4 is 10.5 Å². The van der Waals surface area contributed by atoms with Crippen LogP contribution >= 0.6 is 0 Å². The molecule has 0 fully saturated rings. The number of ether oxygens (including phenoxy) is 1. The zero-order chi connectivity index (χ0) is 16.0. The van der Waals surface area contributed by atoms with Crippen LogP contribution in [0.25, 0.3) is 0 Å². The molecule has 8 heteroatoms. The second-order valence-electron chi connectivity index (χ2n) is 4.49.